The number of carboxylic acids is 2. The standard InChI is InChI=1S/C21H38N.C4H6O5/c1-4-5-6-7-8-9-10-11-12-16-19-22(2,3)20-21-17-14-13-15-18-21;5-3(6)1-9-2-4(7)8/h13-15,17-18H,4-12,16,19-20H2,1-3H3;1-2H2,(H,5,6)(H,7,8)/q+1;. The first-order valence-corrected chi connectivity index (χ1v) is 11.6. The van der Waals surface area contributed by atoms with E-state index in [1.807, 2.05) is 0 Å². The number of ether oxygens (including phenoxy) is 1. The zero-order valence-electron chi connectivity index (χ0n) is 19.9. The van der Waals surface area contributed by atoms with Crippen LogP contribution in [0.3, 0.4) is 0 Å². The van der Waals surface area contributed by atoms with Gasteiger partial charge in [-0.25, -0.2) is 9.59 Å². The van der Waals surface area contributed by atoms with Gasteiger partial charge < -0.3 is 19.4 Å². The molecule has 0 fully saturated rings. The smallest absolute Gasteiger partial charge is 0.329 e. The molecule has 0 spiro atoms. The molecule has 0 aliphatic carbocycles. The van der Waals surface area contributed by atoms with Crippen molar-refractivity contribution >= 4 is 11.9 Å². The predicted octanol–water partition coefficient (Wildman–Crippen LogP) is 5.36. The van der Waals surface area contributed by atoms with E-state index in [9.17, 15) is 9.59 Å². The molecule has 0 aliphatic heterocycles. The van der Waals surface area contributed by atoms with Gasteiger partial charge in [-0.15, -0.1) is 0 Å². The van der Waals surface area contributed by atoms with Crippen LogP contribution in [0.15, 0.2) is 30.3 Å². The third-order valence-corrected chi connectivity index (χ3v) is 5.02. The van der Waals surface area contributed by atoms with E-state index in [0.29, 0.717) is 0 Å². The molecule has 178 valence electrons. The highest BCUT2D eigenvalue weighted by molar-refractivity contribution is 5.70. The molecule has 0 unspecified atom stereocenters. The lowest BCUT2D eigenvalue weighted by Gasteiger charge is -2.30. The van der Waals surface area contributed by atoms with Crippen LogP contribution in [0.25, 0.3) is 0 Å². The summed E-state index contributed by atoms with van der Waals surface area (Å²) in [6.45, 7) is 3.61. The van der Waals surface area contributed by atoms with Crippen LogP contribution in [0.5, 0.6) is 0 Å². The lowest BCUT2D eigenvalue weighted by atomic mass is 10.1. The normalized spacial score (nSPS) is 10.9. The molecule has 1 aromatic carbocycles. The zero-order chi connectivity index (χ0) is 23.4. The fraction of sp³-hybridized carbons (Fsp3) is 0.680. The van der Waals surface area contributed by atoms with Crippen molar-refractivity contribution in [2.75, 3.05) is 33.9 Å². The summed E-state index contributed by atoms with van der Waals surface area (Å²) in [4.78, 5) is 19.3. The molecular weight excluding hydrogens is 394 g/mol. The summed E-state index contributed by atoms with van der Waals surface area (Å²) < 4.78 is 5.27. The molecule has 1 rings (SSSR count). The van der Waals surface area contributed by atoms with Gasteiger partial charge in [-0.1, -0.05) is 88.6 Å². The van der Waals surface area contributed by atoms with E-state index in [1.165, 1.54) is 76.3 Å². The number of aliphatic carboxylic acids is 2. The van der Waals surface area contributed by atoms with Crippen LogP contribution >= 0.6 is 0 Å². The Kier molecular flexibility index (Phi) is 17.7. The number of rotatable bonds is 17. The van der Waals surface area contributed by atoms with Gasteiger partial charge in [0.2, 0.25) is 0 Å². The first kappa shape index (κ1) is 29.1. The summed E-state index contributed by atoms with van der Waals surface area (Å²) in [5.41, 5.74) is 1.46. The van der Waals surface area contributed by atoms with Gasteiger partial charge >= 0.3 is 11.9 Å². The van der Waals surface area contributed by atoms with Gasteiger partial charge in [-0.3, -0.25) is 0 Å². The van der Waals surface area contributed by atoms with Crippen LogP contribution in [-0.2, 0) is 20.9 Å². The van der Waals surface area contributed by atoms with Crippen LogP contribution in [0.4, 0.5) is 0 Å². The summed E-state index contributed by atoms with van der Waals surface area (Å²) in [6.07, 6.45) is 14.2. The number of benzene rings is 1. The second kappa shape index (κ2) is 18.8. The monoisotopic (exact) mass is 438 g/mol. The molecular formula is C25H44NO5+. The lowest BCUT2D eigenvalue weighted by molar-refractivity contribution is -0.903. The van der Waals surface area contributed by atoms with Crippen LogP contribution in [0, 0.1) is 0 Å². The molecule has 6 heteroatoms. The first-order chi connectivity index (χ1) is 14.8. The van der Waals surface area contributed by atoms with Crippen LogP contribution in [-0.4, -0.2) is 60.5 Å². The highest BCUT2D eigenvalue weighted by atomic mass is 16.5. The molecule has 0 saturated heterocycles. The molecule has 31 heavy (non-hydrogen) atoms. The second-order valence-electron chi connectivity index (χ2n) is 8.77. The van der Waals surface area contributed by atoms with Gasteiger partial charge in [-0.05, 0) is 12.8 Å². The summed E-state index contributed by atoms with van der Waals surface area (Å²) in [7, 11) is 4.72. The third kappa shape index (κ3) is 21.1. The summed E-state index contributed by atoms with van der Waals surface area (Å²) in [5.74, 6) is -2.34. The Hall–Kier alpha value is -1.92. The number of hydrogen-bond acceptors (Lipinski definition) is 3. The number of nitrogens with zero attached hydrogens (tertiary/aromatic N) is 1. The fourth-order valence-corrected chi connectivity index (χ4v) is 3.41. The van der Waals surface area contributed by atoms with E-state index in [4.69, 9.17) is 10.2 Å². The minimum Gasteiger partial charge on any atom is -0.480 e. The van der Waals surface area contributed by atoms with Crippen molar-refractivity contribution in [3.8, 4) is 0 Å². The zero-order valence-corrected chi connectivity index (χ0v) is 19.9. The molecule has 1 aromatic rings. The van der Waals surface area contributed by atoms with Gasteiger partial charge in [0.15, 0.2) is 0 Å². The first-order valence-electron chi connectivity index (χ1n) is 11.6. The van der Waals surface area contributed by atoms with Gasteiger partial charge in [0.05, 0.1) is 20.6 Å². The van der Waals surface area contributed by atoms with Crippen molar-refractivity contribution in [3.63, 3.8) is 0 Å². The van der Waals surface area contributed by atoms with Gasteiger partial charge in [-0.2, -0.15) is 0 Å². The van der Waals surface area contributed by atoms with E-state index in [-0.39, 0.29) is 0 Å². The van der Waals surface area contributed by atoms with E-state index < -0.39 is 25.2 Å². The Morgan fingerprint density at radius 3 is 1.68 bits per heavy atom. The van der Waals surface area contributed by atoms with Crippen molar-refractivity contribution in [1.82, 2.24) is 0 Å². The van der Waals surface area contributed by atoms with Gasteiger partial charge in [0.25, 0.3) is 0 Å². The Labute approximate surface area is 188 Å². The molecule has 2 N–H and O–H groups in total. The molecule has 0 amide bonds. The molecule has 0 radical (unpaired) electrons. The van der Waals surface area contributed by atoms with E-state index in [0.717, 1.165) is 11.0 Å². The maximum Gasteiger partial charge on any atom is 0.329 e. The third-order valence-electron chi connectivity index (χ3n) is 5.02. The Morgan fingerprint density at radius 2 is 1.23 bits per heavy atom. The lowest BCUT2D eigenvalue weighted by Crippen LogP contribution is -2.39. The minimum atomic E-state index is -1.17. The van der Waals surface area contributed by atoms with Crippen molar-refractivity contribution in [2.45, 2.75) is 77.7 Å². The molecule has 0 saturated carbocycles. The largest absolute Gasteiger partial charge is 0.480 e. The van der Waals surface area contributed by atoms with Gasteiger partial charge in [0.1, 0.15) is 19.8 Å². The minimum absolute atomic E-state index is 0.563. The van der Waals surface area contributed by atoms with Crippen LogP contribution in [0.2, 0.25) is 0 Å². The van der Waals surface area contributed by atoms with Crippen molar-refractivity contribution in [3.05, 3.63) is 35.9 Å². The molecule has 0 heterocycles. The predicted molar refractivity (Wildman–Crippen MR) is 125 cm³/mol. The van der Waals surface area contributed by atoms with E-state index in [1.54, 1.807) is 0 Å². The molecule has 0 aliphatic rings. The Balaban J connectivity index is 0.000000842. The van der Waals surface area contributed by atoms with Crippen molar-refractivity contribution in [2.24, 2.45) is 0 Å². The Bertz CT molecular complexity index is 561. The van der Waals surface area contributed by atoms with Crippen molar-refractivity contribution in [1.29, 1.82) is 0 Å². The highest BCUT2D eigenvalue weighted by Gasteiger charge is 2.14. The number of unbranched alkanes of at least 4 members (excludes halogenated alkanes) is 9. The maximum atomic E-state index is 9.66. The molecule has 0 aromatic heterocycles. The van der Waals surface area contributed by atoms with E-state index in [2.05, 4.69) is 56.1 Å². The van der Waals surface area contributed by atoms with Crippen LogP contribution < -0.4 is 0 Å². The topological polar surface area (TPSA) is 83.8 Å². The molecule has 0 bridgehead atoms. The maximum absolute atomic E-state index is 9.66. The number of hydrogen-bond donors (Lipinski definition) is 2. The number of carbonyl (C=O) groups is 2. The highest BCUT2D eigenvalue weighted by Crippen LogP contribution is 2.13. The second-order valence-corrected chi connectivity index (χ2v) is 8.77. The SMILES string of the molecule is CCCCCCCCCCCC[N+](C)(C)Cc1ccccc1.O=C(O)COCC(=O)O. The van der Waals surface area contributed by atoms with E-state index >= 15 is 0 Å². The molecule has 0 atom stereocenters. The van der Waals surface area contributed by atoms with Crippen LogP contribution in [0.1, 0.15) is 76.7 Å². The summed E-state index contributed by atoms with van der Waals surface area (Å²) >= 11 is 0. The molecule has 6 nitrogen and oxygen atoms in total. The number of quaternary nitrogens is 1. The average molecular weight is 439 g/mol. The fourth-order valence-electron chi connectivity index (χ4n) is 3.41. The van der Waals surface area contributed by atoms with Crippen molar-refractivity contribution < 1.29 is 29.0 Å². The summed E-state index contributed by atoms with van der Waals surface area (Å²) in [6, 6.07) is 10.9. The Morgan fingerprint density at radius 1 is 0.774 bits per heavy atom. The quantitative estimate of drug-likeness (QED) is 0.253. The summed E-state index contributed by atoms with van der Waals surface area (Å²) in [5, 5.41) is 15.8. The number of carboxylic acid groups (broad SMARTS) is 2. The van der Waals surface area contributed by atoms with Gasteiger partial charge in [0, 0.05) is 5.56 Å². The average Bonchev–Trinajstić information content (AvgIpc) is 2.70.